The first kappa shape index (κ1) is 17.2. The zero-order valence-corrected chi connectivity index (χ0v) is 15.3. The Morgan fingerprint density at radius 3 is 2.60 bits per heavy atom. The molecule has 2 N–H and O–H groups in total. The van der Waals surface area contributed by atoms with Crippen LogP contribution < -0.4 is 5.43 Å². The molecule has 0 spiro atoms. The van der Waals surface area contributed by atoms with Crippen molar-refractivity contribution in [1.29, 1.82) is 0 Å². The molecule has 0 saturated heterocycles. The molecule has 128 valence electrons. The quantitative estimate of drug-likeness (QED) is 0.498. The van der Waals surface area contributed by atoms with Crippen LogP contribution in [0.3, 0.4) is 0 Å². The Hall–Kier alpha value is -2.66. The SMILES string of the molecule is CC(C)(C)c1ccc(O)c(C=NNc2nc(-c3ccccc3)cs2)c1. The van der Waals surface area contributed by atoms with Crippen molar-refractivity contribution in [3.05, 3.63) is 65.0 Å². The maximum atomic E-state index is 10.0. The third-order valence-electron chi connectivity index (χ3n) is 3.83. The van der Waals surface area contributed by atoms with Crippen LogP contribution >= 0.6 is 11.3 Å². The van der Waals surface area contributed by atoms with Gasteiger partial charge in [0.1, 0.15) is 5.75 Å². The van der Waals surface area contributed by atoms with E-state index in [-0.39, 0.29) is 11.2 Å². The van der Waals surface area contributed by atoms with E-state index in [1.165, 1.54) is 11.3 Å². The van der Waals surface area contributed by atoms with Gasteiger partial charge >= 0.3 is 0 Å². The second-order valence-electron chi connectivity index (χ2n) is 6.80. The van der Waals surface area contributed by atoms with Crippen molar-refractivity contribution in [2.45, 2.75) is 26.2 Å². The number of hydrogen-bond donors (Lipinski definition) is 2. The normalized spacial score (nSPS) is 11.8. The average molecular weight is 351 g/mol. The van der Waals surface area contributed by atoms with E-state index in [2.05, 4.69) is 36.3 Å². The molecule has 3 aromatic rings. The van der Waals surface area contributed by atoms with Crippen molar-refractivity contribution in [3.63, 3.8) is 0 Å². The first-order valence-corrected chi connectivity index (χ1v) is 8.95. The Balaban J connectivity index is 1.73. The third kappa shape index (κ3) is 4.25. The predicted molar refractivity (Wildman–Crippen MR) is 106 cm³/mol. The van der Waals surface area contributed by atoms with Crippen LogP contribution in [0.4, 0.5) is 5.13 Å². The van der Waals surface area contributed by atoms with Gasteiger partial charge in [0.05, 0.1) is 11.9 Å². The second kappa shape index (κ2) is 7.07. The number of thiazole rings is 1. The highest BCUT2D eigenvalue weighted by Crippen LogP contribution is 2.27. The highest BCUT2D eigenvalue weighted by Gasteiger charge is 2.14. The zero-order chi connectivity index (χ0) is 17.9. The van der Waals surface area contributed by atoms with Crippen molar-refractivity contribution in [2.24, 2.45) is 5.10 Å². The van der Waals surface area contributed by atoms with E-state index >= 15 is 0 Å². The van der Waals surface area contributed by atoms with E-state index in [0.717, 1.165) is 16.8 Å². The summed E-state index contributed by atoms with van der Waals surface area (Å²) in [4.78, 5) is 4.52. The molecule has 25 heavy (non-hydrogen) atoms. The van der Waals surface area contributed by atoms with Crippen LogP contribution in [-0.4, -0.2) is 16.3 Å². The fourth-order valence-corrected chi connectivity index (χ4v) is 3.02. The predicted octanol–water partition coefficient (Wildman–Crippen LogP) is 5.26. The summed E-state index contributed by atoms with van der Waals surface area (Å²) in [6, 6.07) is 15.6. The highest BCUT2D eigenvalue weighted by molar-refractivity contribution is 7.14. The fraction of sp³-hybridized carbons (Fsp3) is 0.200. The topological polar surface area (TPSA) is 57.5 Å². The number of aromatic nitrogens is 1. The number of nitrogens with zero attached hydrogens (tertiary/aromatic N) is 2. The van der Waals surface area contributed by atoms with Crippen LogP contribution in [0, 0.1) is 0 Å². The lowest BCUT2D eigenvalue weighted by molar-refractivity contribution is 0.473. The molecule has 1 aromatic heterocycles. The highest BCUT2D eigenvalue weighted by atomic mass is 32.1. The molecule has 0 bridgehead atoms. The summed E-state index contributed by atoms with van der Waals surface area (Å²) in [5, 5.41) is 16.9. The van der Waals surface area contributed by atoms with E-state index in [9.17, 15) is 5.11 Å². The molecule has 0 unspecified atom stereocenters. The van der Waals surface area contributed by atoms with Crippen molar-refractivity contribution in [1.82, 2.24) is 4.98 Å². The van der Waals surface area contributed by atoms with E-state index in [1.807, 2.05) is 47.8 Å². The first-order valence-electron chi connectivity index (χ1n) is 8.07. The Morgan fingerprint density at radius 1 is 1.12 bits per heavy atom. The number of aromatic hydroxyl groups is 1. The number of rotatable bonds is 4. The van der Waals surface area contributed by atoms with Crippen LogP contribution in [0.5, 0.6) is 5.75 Å². The van der Waals surface area contributed by atoms with E-state index in [4.69, 9.17) is 0 Å². The first-order chi connectivity index (χ1) is 11.9. The molecule has 5 heteroatoms. The molecule has 0 aliphatic heterocycles. The van der Waals surface area contributed by atoms with Gasteiger partial charge in [-0.05, 0) is 23.1 Å². The molecule has 0 fully saturated rings. The summed E-state index contributed by atoms with van der Waals surface area (Å²) in [5.41, 5.74) is 6.77. The molecule has 0 radical (unpaired) electrons. The molecular formula is C20H21N3OS. The maximum Gasteiger partial charge on any atom is 0.203 e. The standard InChI is InChI=1S/C20H21N3OS/c1-20(2,3)16-9-10-18(24)15(11-16)12-21-23-19-22-17(13-25-19)14-7-5-4-6-8-14/h4-13,24H,1-3H3,(H,22,23). The smallest absolute Gasteiger partial charge is 0.203 e. The minimum atomic E-state index is 0.0175. The minimum Gasteiger partial charge on any atom is -0.507 e. The number of phenols is 1. The van der Waals surface area contributed by atoms with Gasteiger partial charge in [-0.25, -0.2) is 4.98 Å². The molecule has 0 amide bonds. The van der Waals surface area contributed by atoms with Gasteiger partial charge in [0.25, 0.3) is 0 Å². The van der Waals surface area contributed by atoms with Gasteiger partial charge in [0, 0.05) is 16.5 Å². The van der Waals surface area contributed by atoms with E-state index in [0.29, 0.717) is 10.7 Å². The third-order valence-corrected chi connectivity index (χ3v) is 4.58. The Labute approximate surface area is 151 Å². The van der Waals surface area contributed by atoms with Crippen molar-refractivity contribution >= 4 is 22.7 Å². The second-order valence-corrected chi connectivity index (χ2v) is 7.66. The van der Waals surface area contributed by atoms with Crippen LogP contribution in [0.1, 0.15) is 31.9 Å². The number of hydrazone groups is 1. The zero-order valence-electron chi connectivity index (χ0n) is 14.5. The number of phenolic OH excluding ortho intramolecular Hbond substituents is 1. The lowest BCUT2D eigenvalue weighted by Gasteiger charge is -2.19. The Bertz CT molecular complexity index is 879. The van der Waals surface area contributed by atoms with Crippen molar-refractivity contribution in [2.75, 3.05) is 5.43 Å². The summed E-state index contributed by atoms with van der Waals surface area (Å²) in [6.45, 7) is 6.41. The molecule has 2 aromatic carbocycles. The number of benzene rings is 2. The lowest BCUT2D eigenvalue weighted by atomic mass is 9.86. The van der Waals surface area contributed by atoms with Crippen LogP contribution in [-0.2, 0) is 5.41 Å². The molecule has 0 atom stereocenters. The van der Waals surface area contributed by atoms with Crippen LogP contribution in [0.15, 0.2) is 59.0 Å². The number of nitrogens with one attached hydrogen (secondary N) is 1. The lowest BCUT2D eigenvalue weighted by Crippen LogP contribution is -2.11. The van der Waals surface area contributed by atoms with E-state index < -0.39 is 0 Å². The monoisotopic (exact) mass is 351 g/mol. The van der Waals surface area contributed by atoms with Crippen LogP contribution in [0.2, 0.25) is 0 Å². The molecule has 0 aliphatic rings. The molecule has 0 aliphatic carbocycles. The minimum absolute atomic E-state index is 0.0175. The summed E-state index contributed by atoms with van der Waals surface area (Å²) in [6.07, 6.45) is 1.62. The van der Waals surface area contributed by atoms with Gasteiger partial charge in [0.2, 0.25) is 5.13 Å². The Morgan fingerprint density at radius 2 is 1.88 bits per heavy atom. The van der Waals surface area contributed by atoms with E-state index in [1.54, 1.807) is 12.3 Å². The van der Waals surface area contributed by atoms with Gasteiger partial charge in [-0.3, -0.25) is 5.43 Å². The van der Waals surface area contributed by atoms with Crippen LogP contribution in [0.25, 0.3) is 11.3 Å². The molecular weight excluding hydrogens is 330 g/mol. The summed E-state index contributed by atoms with van der Waals surface area (Å²) >= 11 is 1.49. The average Bonchev–Trinajstić information content (AvgIpc) is 3.05. The summed E-state index contributed by atoms with van der Waals surface area (Å²) in [7, 11) is 0. The van der Waals surface area contributed by atoms with Crippen molar-refractivity contribution in [3.8, 4) is 17.0 Å². The molecule has 1 heterocycles. The Kier molecular flexibility index (Phi) is 4.86. The van der Waals surface area contributed by atoms with Gasteiger partial charge < -0.3 is 5.11 Å². The number of hydrogen-bond acceptors (Lipinski definition) is 5. The molecule has 0 saturated carbocycles. The van der Waals surface area contributed by atoms with Gasteiger partial charge in [0.15, 0.2) is 0 Å². The molecule has 3 rings (SSSR count). The number of anilines is 1. The largest absolute Gasteiger partial charge is 0.507 e. The summed E-state index contributed by atoms with van der Waals surface area (Å²) < 4.78 is 0. The maximum absolute atomic E-state index is 10.0. The van der Waals surface area contributed by atoms with Gasteiger partial charge in [-0.2, -0.15) is 5.10 Å². The summed E-state index contributed by atoms with van der Waals surface area (Å²) in [5.74, 6) is 0.211. The van der Waals surface area contributed by atoms with Gasteiger partial charge in [-0.15, -0.1) is 11.3 Å². The molecule has 4 nitrogen and oxygen atoms in total. The van der Waals surface area contributed by atoms with Crippen molar-refractivity contribution < 1.29 is 5.11 Å². The fourth-order valence-electron chi connectivity index (χ4n) is 2.35. The van der Waals surface area contributed by atoms with Gasteiger partial charge in [-0.1, -0.05) is 57.2 Å².